The molecule has 0 bridgehead atoms. The summed E-state index contributed by atoms with van der Waals surface area (Å²) in [6.07, 6.45) is 0. The molecule has 0 unspecified atom stereocenters. The Balaban J connectivity index is 2.49. The van der Waals surface area contributed by atoms with Crippen LogP contribution in [0.15, 0.2) is 18.2 Å². The molecule has 0 radical (unpaired) electrons. The molecule has 1 aromatic carbocycles. The van der Waals surface area contributed by atoms with Crippen molar-refractivity contribution in [3.8, 4) is 0 Å². The van der Waals surface area contributed by atoms with Crippen molar-refractivity contribution in [2.45, 2.75) is 13.8 Å². The van der Waals surface area contributed by atoms with Crippen molar-refractivity contribution in [3.05, 3.63) is 29.6 Å². The Hall–Kier alpha value is -2.11. The smallest absolute Gasteiger partial charge is 0.319 e. The average Bonchev–Trinajstić information content (AvgIpc) is 2.38. The predicted octanol–water partition coefficient (Wildman–Crippen LogP) is 2.06. The molecule has 0 saturated carbocycles. The van der Waals surface area contributed by atoms with Crippen LogP contribution in [-0.4, -0.2) is 25.7 Å². The number of aryl methyl sites for hydroxylation is 1. The molecule has 5 nitrogen and oxygen atoms in total. The highest BCUT2D eigenvalue weighted by molar-refractivity contribution is 5.89. The molecular weight excluding hydrogens is 251 g/mol. The lowest BCUT2D eigenvalue weighted by Crippen LogP contribution is -2.35. The number of hydrogen-bond donors (Lipinski definition) is 2. The average molecular weight is 268 g/mol. The van der Waals surface area contributed by atoms with Gasteiger partial charge < -0.3 is 15.4 Å². The summed E-state index contributed by atoms with van der Waals surface area (Å²) in [4.78, 5) is 22.6. The van der Waals surface area contributed by atoms with Gasteiger partial charge in [-0.25, -0.2) is 9.18 Å². The maximum absolute atomic E-state index is 13.5. The van der Waals surface area contributed by atoms with E-state index in [4.69, 9.17) is 0 Å². The Morgan fingerprint density at radius 3 is 2.68 bits per heavy atom. The number of carbonyl (C=O) groups is 2. The Morgan fingerprint density at radius 1 is 1.42 bits per heavy atom. The second-order valence-corrected chi connectivity index (χ2v) is 4.24. The number of rotatable bonds is 4. The molecular formula is C13H17FN2O3. The van der Waals surface area contributed by atoms with Crippen LogP contribution in [0.25, 0.3) is 0 Å². The van der Waals surface area contributed by atoms with Gasteiger partial charge in [-0.2, -0.15) is 0 Å². The van der Waals surface area contributed by atoms with E-state index in [-0.39, 0.29) is 12.2 Å². The Kier molecular flexibility index (Phi) is 5.29. The summed E-state index contributed by atoms with van der Waals surface area (Å²) in [6, 6.07) is 3.93. The molecule has 0 saturated heterocycles. The Bertz CT molecular complexity index is 477. The second-order valence-electron chi connectivity index (χ2n) is 4.24. The number of benzene rings is 1. The lowest BCUT2D eigenvalue weighted by atomic mass is 10.2. The molecule has 6 heteroatoms. The first-order valence-electron chi connectivity index (χ1n) is 5.83. The van der Waals surface area contributed by atoms with Crippen molar-refractivity contribution in [1.82, 2.24) is 5.32 Å². The number of nitrogens with one attached hydrogen (secondary N) is 2. The van der Waals surface area contributed by atoms with Crippen molar-refractivity contribution in [2.24, 2.45) is 5.92 Å². The van der Waals surface area contributed by atoms with E-state index in [0.717, 1.165) is 5.56 Å². The minimum atomic E-state index is -0.571. The van der Waals surface area contributed by atoms with Crippen LogP contribution in [0.2, 0.25) is 0 Å². The third-order valence-electron chi connectivity index (χ3n) is 2.55. The fraction of sp³-hybridized carbons (Fsp3) is 0.385. The van der Waals surface area contributed by atoms with Crippen LogP contribution in [0.1, 0.15) is 12.5 Å². The van der Waals surface area contributed by atoms with E-state index in [1.165, 1.54) is 19.2 Å². The minimum absolute atomic E-state index is 0.0915. The maximum atomic E-state index is 13.5. The van der Waals surface area contributed by atoms with Gasteiger partial charge in [0.05, 0.1) is 18.7 Å². The van der Waals surface area contributed by atoms with Gasteiger partial charge in [0.15, 0.2) is 0 Å². The van der Waals surface area contributed by atoms with E-state index in [1.54, 1.807) is 19.9 Å². The standard InChI is InChI=1S/C13H17FN2O3/c1-8-4-5-11(10(14)6-8)16-13(18)15-7-9(2)12(17)19-3/h4-6,9H,7H2,1-3H3,(H2,15,16,18)/t9-/m1/s1. The van der Waals surface area contributed by atoms with Gasteiger partial charge in [0.25, 0.3) is 0 Å². The van der Waals surface area contributed by atoms with Crippen molar-refractivity contribution in [1.29, 1.82) is 0 Å². The Labute approximate surface area is 111 Å². The molecule has 0 fully saturated rings. The van der Waals surface area contributed by atoms with Gasteiger partial charge in [0.1, 0.15) is 5.82 Å². The van der Waals surface area contributed by atoms with E-state index in [9.17, 15) is 14.0 Å². The summed E-state index contributed by atoms with van der Waals surface area (Å²) in [5.74, 6) is -1.38. The summed E-state index contributed by atoms with van der Waals surface area (Å²) in [6.45, 7) is 3.50. The number of amides is 2. The lowest BCUT2D eigenvalue weighted by molar-refractivity contribution is -0.144. The third kappa shape index (κ3) is 4.57. The van der Waals surface area contributed by atoms with E-state index in [2.05, 4.69) is 15.4 Å². The molecule has 1 atom stereocenters. The highest BCUT2D eigenvalue weighted by atomic mass is 19.1. The molecule has 1 aromatic rings. The van der Waals surface area contributed by atoms with Gasteiger partial charge in [0.2, 0.25) is 0 Å². The van der Waals surface area contributed by atoms with Gasteiger partial charge in [-0.3, -0.25) is 4.79 Å². The lowest BCUT2D eigenvalue weighted by Gasteiger charge is -2.12. The van der Waals surface area contributed by atoms with Gasteiger partial charge >= 0.3 is 12.0 Å². The molecule has 0 aromatic heterocycles. The fourth-order valence-corrected chi connectivity index (χ4v) is 1.42. The molecule has 104 valence electrons. The molecule has 2 amide bonds. The van der Waals surface area contributed by atoms with Crippen LogP contribution >= 0.6 is 0 Å². The summed E-state index contributed by atoms with van der Waals surface area (Å²) in [5, 5.41) is 4.84. The number of urea groups is 1. The van der Waals surface area contributed by atoms with Crippen LogP contribution in [0, 0.1) is 18.7 Å². The summed E-state index contributed by atoms with van der Waals surface area (Å²) in [5.41, 5.74) is 0.858. The van der Waals surface area contributed by atoms with Crippen molar-refractivity contribution in [3.63, 3.8) is 0 Å². The van der Waals surface area contributed by atoms with Gasteiger partial charge in [0, 0.05) is 6.54 Å². The molecule has 2 N–H and O–H groups in total. The molecule has 0 heterocycles. The highest BCUT2D eigenvalue weighted by Gasteiger charge is 2.14. The molecule has 19 heavy (non-hydrogen) atoms. The largest absolute Gasteiger partial charge is 0.469 e. The number of ether oxygens (including phenoxy) is 1. The zero-order chi connectivity index (χ0) is 14.4. The van der Waals surface area contributed by atoms with E-state index in [1.807, 2.05) is 0 Å². The number of anilines is 1. The second kappa shape index (κ2) is 6.72. The quantitative estimate of drug-likeness (QED) is 0.821. The van der Waals surface area contributed by atoms with Crippen LogP contribution in [0.5, 0.6) is 0 Å². The normalized spacial score (nSPS) is 11.6. The van der Waals surface area contributed by atoms with Gasteiger partial charge in [-0.05, 0) is 24.6 Å². The highest BCUT2D eigenvalue weighted by Crippen LogP contribution is 2.14. The first-order chi connectivity index (χ1) is 8.93. The van der Waals surface area contributed by atoms with Crippen LogP contribution in [-0.2, 0) is 9.53 Å². The molecule has 1 rings (SSSR count). The summed E-state index contributed by atoms with van der Waals surface area (Å²) < 4.78 is 18.0. The summed E-state index contributed by atoms with van der Waals surface area (Å²) >= 11 is 0. The first-order valence-corrected chi connectivity index (χ1v) is 5.83. The van der Waals surface area contributed by atoms with Crippen molar-refractivity contribution >= 4 is 17.7 Å². The number of esters is 1. The molecule has 0 aliphatic rings. The molecule has 0 spiro atoms. The van der Waals surface area contributed by atoms with E-state index < -0.39 is 23.7 Å². The number of halogens is 1. The van der Waals surface area contributed by atoms with Crippen LogP contribution < -0.4 is 10.6 Å². The maximum Gasteiger partial charge on any atom is 0.319 e. The number of hydrogen-bond acceptors (Lipinski definition) is 3. The predicted molar refractivity (Wildman–Crippen MR) is 69.3 cm³/mol. The minimum Gasteiger partial charge on any atom is -0.469 e. The third-order valence-corrected chi connectivity index (χ3v) is 2.55. The summed E-state index contributed by atoms with van der Waals surface area (Å²) in [7, 11) is 1.28. The zero-order valence-corrected chi connectivity index (χ0v) is 11.1. The van der Waals surface area contributed by atoms with Crippen LogP contribution in [0.4, 0.5) is 14.9 Å². The van der Waals surface area contributed by atoms with Crippen molar-refractivity contribution in [2.75, 3.05) is 19.0 Å². The van der Waals surface area contributed by atoms with Crippen molar-refractivity contribution < 1.29 is 18.7 Å². The van der Waals surface area contributed by atoms with Gasteiger partial charge in [-0.1, -0.05) is 13.0 Å². The van der Waals surface area contributed by atoms with Gasteiger partial charge in [-0.15, -0.1) is 0 Å². The first kappa shape index (κ1) is 14.9. The SMILES string of the molecule is COC(=O)[C@H](C)CNC(=O)Nc1ccc(C)cc1F. The van der Waals surface area contributed by atoms with Crippen LogP contribution in [0.3, 0.4) is 0 Å². The number of methoxy groups -OCH3 is 1. The molecule has 0 aliphatic heterocycles. The topological polar surface area (TPSA) is 67.4 Å². The van der Waals surface area contributed by atoms with E-state index >= 15 is 0 Å². The Morgan fingerprint density at radius 2 is 2.11 bits per heavy atom. The zero-order valence-electron chi connectivity index (χ0n) is 11.1. The molecule has 0 aliphatic carbocycles. The van der Waals surface area contributed by atoms with E-state index in [0.29, 0.717) is 0 Å². The monoisotopic (exact) mass is 268 g/mol. The number of carbonyl (C=O) groups excluding carboxylic acids is 2. The fourth-order valence-electron chi connectivity index (χ4n) is 1.42.